The number of nitro groups is 2. The Balaban J connectivity index is 1.86. The second kappa shape index (κ2) is 10.2. The lowest BCUT2D eigenvalue weighted by molar-refractivity contribution is -0.394. The maximum absolute atomic E-state index is 12.2. The zero-order valence-corrected chi connectivity index (χ0v) is 17.6. The topological polar surface area (TPSA) is 163 Å². The SMILES string of the molecule is CC(C)(C)OC(=O)Nc1ccc(OCCNC(=O)c2cc([N+](=O)[O-])cc([N+](=O)[O-])c2)cc1. The summed E-state index contributed by atoms with van der Waals surface area (Å²) in [6, 6.07) is 9.14. The number of hydrogen-bond acceptors (Lipinski definition) is 8. The van der Waals surface area contributed by atoms with Crippen LogP contribution in [0.3, 0.4) is 0 Å². The second-order valence-electron chi connectivity index (χ2n) is 7.51. The molecule has 32 heavy (non-hydrogen) atoms. The normalized spacial score (nSPS) is 10.7. The summed E-state index contributed by atoms with van der Waals surface area (Å²) in [5, 5.41) is 26.9. The fourth-order valence-corrected chi connectivity index (χ4v) is 2.43. The van der Waals surface area contributed by atoms with Crippen molar-refractivity contribution in [1.82, 2.24) is 5.32 Å². The number of hydrogen-bond donors (Lipinski definition) is 2. The summed E-state index contributed by atoms with van der Waals surface area (Å²) in [4.78, 5) is 44.1. The van der Waals surface area contributed by atoms with Gasteiger partial charge in [0.25, 0.3) is 17.3 Å². The van der Waals surface area contributed by atoms with Gasteiger partial charge in [-0.3, -0.25) is 30.3 Å². The van der Waals surface area contributed by atoms with Crippen LogP contribution in [0.1, 0.15) is 31.1 Å². The maximum Gasteiger partial charge on any atom is 0.412 e. The Labute approximate surface area is 182 Å². The molecule has 0 spiro atoms. The molecule has 0 aromatic heterocycles. The predicted octanol–water partition coefficient (Wildman–Crippen LogP) is 3.66. The number of ether oxygens (including phenoxy) is 2. The van der Waals surface area contributed by atoms with E-state index in [1.807, 2.05) is 0 Å². The number of non-ortho nitro benzene ring substituents is 2. The molecule has 0 bridgehead atoms. The van der Waals surface area contributed by atoms with E-state index in [2.05, 4.69) is 10.6 Å². The van der Waals surface area contributed by atoms with Crippen molar-refractivity contribution in [3.8, 4) is 5.75 Å². The molecule has 12 nitrogen and oxygen atoms in total. The Morgan fingerprint density at radius 2 is 1.53 bits per heavy atom. The van der Waals surface area contributed by atoms with Crippen molar-refractivity contribution < 1.29 is 28.9 Å². The Hall–Kier alpha value is -4.22. The number of nitro benzene ring substituents is 2. The van der Waals surface area contributed by atoms with E-state index in [0.29, 0.717) is 11.4 Å². The molecule has 170 valence electrons. The highest BCUT2D eigenvalue weighted by Gasteiger charge is 2.20. The molecule has 12 heteroatoms. The van der Waals surface area contributed by atoms with Crippen molar-refractivity contribution in [2.24, 2.45) is 0 Å². The lowest BCUT2D eigenvalue weighted by atomic mass is 10.1. The molecule has 2 aromatic rings. The molecule has 0 heterocycles. The molecule has 0 unspecified atom stereocenters. The van der Waals surface area contributed by atoms with Gasteiger partial charge in [0, 0.05) is 17.8 Å². The van der Waals surface area contributed by atoms with Gasteiger partial charge >= 0.3 is 6.09 Å². The fraction of sp³-hybridized carbons (Fsp3) is 0.300. The van der Waals surface area contributed by atoms with E-state index in [9.17, 15) is 29.8 Å². The molecule has 2 aromatic carbocycles. The van der Waals surface area contributed by atoms with Crippen LogP contribution in [0.4, 0.5) is 21.9 Å². The van der Waals surface area contributed by atoms with Crippen LogP contribution < -0.4 is 15.4 Å². The molecule has 0 saturated carbocycles. The Morgan fingerprint density at radius 3 is 2.03 bits per heavy atom. The van der Waals surface area contributed by atoms with Gasteiger partial charge in [0.1, 0.15) is 18.0 Å². The number of carbonyl (C=O) groups excluding carboxylic acids is 2. The molecule has 0 aliphatic rings. The lowest BCUT2D eigenvalue weighted by Gasteiger charge is -2.19. The third-order valence-electron chi connectivity index (χ3n) is 3.74. The molecule has 2 amide bonds. The van der Waals surface area contributed by atoms with Gasteiger partial charge in [-0.25, -0.2) is 4.79 Å². The number of amides is 2. The molecule has 0 aliphatic heterocycles. The monoisotopic (exact) mass is 446 g/mol. The molecule has 0 radical (unpaired) electrons. The Morgan fingerprint density at radius 1 is 0.969 bits per heavy atom. The van der Waals surface area contributed by atoms with E-state index in [0.717, 1.165) is 18.2 Å². The Kier molecular flexibility index (Phi) is 7.66. The number of nitrogens with one attached hydrogen (secondary N) is 2. The number of nitrogens with zero attached hydrogens (tertiary/aromatic N) is 2. The Bertz CT molecular complexity index is 983. The van der Waals surface area contributed by atoms with Crippen LogP contribution in [0, 0.1) is 20.2 Å². The predicted molar refractivity (Wildman–Crippen MR) is 114 cm³/mol. The fourth-order valence-electron chi connectivity index (χ4n) is 2.43. The molecule has 0 atom stereocenters. The summed E-state index contributed by atoms with van der Waals surface area (Å²) in [6.07, 6.45) is -0.588. The molecule has 0 saturated heterocycles. The zero-order chi connectivity index (χ0) is 23.9. The number of benzene rings is 2. The van der Waals surface area contributed by atoms with Crippen molar-refractivity contribution in [3.63, 3.8) is 0 Å². The van der Waals surface area contributed by atoms with E-state index in [1.165, 1.54) is 0 Å². The minimum atomic E-state index is -0.811. The summed E-state index contributed by atoms with van der Waals surface area (Å²) < 4.78 is 10.6. The van der Waals surface area contributed by atoms with E-state index < -0.39 is 38.8 Å². The first kappa shape index (κ1) is 24.1. The van der Waals surface area contributed by atoms with Crippen LogP contribution in [0.25, 0.3) is 0 Å². The highest BCUT2D eigenvalue weighted by molar-refractivity contribution is 5.95. The van der Waals surface area contributed by atoms with Crippen LogP contribution in [0.15, 0.2) is 42.5 Å². The first-order valence-electron chi connectivity index (χ1n) is 9.39. The van der Waals surface area contributed by atoms with Crippen molar-refractivity contribution in [2.75, 3.05) is 18.5 Å². The number of anilines is 1. The average molecular weight is 446 g/mol. The van der Waals surface area contributed by atoms with Crippen molar-refractivity contribution in [2.45, 2.75) is 26.4 Å². The number of carbonyl (C=O) groups is 2. The van der Waals surface area contributed by atoms with Crippen LogP contribution >= 0.6 is 0 Å². The van der Waals surface area contributed by atoms with Gasteiger partial charge in [-0.05, 0) is 45.0 Å². The van der Waals surface area contributed by atoms with Gasteiger partial charge in [0.05, 0.1) is 28.0 Å². The summed E-state index contributed by atoms with van der Waals surface area (Å²) in [5.41, 5.74) is -1.43. The van der Waals surface area contributed by atoms with Gasteiger partial charge in [0.15, 0.2) is 0 Å². The highest BCUT2D eigenvalue weighted by Crippen LogP contribution is 2.22. The van der Waals surface area contributed by atoms with Gasteiger partial charge in [-0.2, -0.15) is 0 Å². The molecule has 0 aliphatic carbocycles. The van der Waals surface area contributed by atoms with E-state index in [1.54, 1.807) is 45.0 Å². The third-order valence-corrected chi connectivity index (χ3v) is 3.74. The van der Waals surface area contributed by atoms with Gasteiger partial charge in [-0.15, -0.1) is 0 Å². The lowest BCUT2D eigenvalue weighted by Crippen LogP contribution is -2.28. The summed E-state index contributed by atoms with van der Waals surface area (Å²) in [6.45, 7) is 5.38. The summed E-state index contributed by atoms with van der Waals surface area (Å²) in [7, 11) is 0. The van der Waals surface area contributed by atoms with Gasteiger partial charge < -0.3 is 14.8 Å². The smallest absolute Gasteiger partial charge is 0.412 e. The van der Waals surface area contributed by atoms with E-state index >= 15 is 0 Å². The average Bonchev–Trinajstić information content (AvgIpc) is 2.70. The minimum Gasteiger partial charge on any atom is -0.492 e. The first-order chi connectivity index (χ1) is 14.9. The van der Waals surface area contributed by atoms with E-state index in [4.69, 9.17) is 9.47 Å². The maximum atomic E-state index is 12.2. The minimum absolute atomic E-state index is 0.0488. The summed E-state index contributed by atoms with van der Waals surface area (Å²) >= 11 is 0. The zero-order valence-electron chi connectivity index (χ0n) is 17.6. The first-order valence-corrected chi connectivity index (χ1v) is 9.39. The standard InChI is InChI=1S/C20H22N4O8/c1-20(2,3)32-19(26)22-14-4-6-17(7-5-14)31-9-8-21-18(25)13-10-15(23(27)28)12-16(11-13)24(29)30/h4-7,10-12H,8-9H2,1-3H3,(H,21,25)(H,22,26). The largest absolute Gasteiger partial charge is 0.492 e. The molecular weight excluding hydrogens is 424 g/mol. The quantitative estimate of drug-likeness (QED) is 0.352. The highest BCUT2D eigenvalue weighted by atomic mass is 16.6. The second-order valence-corrected chi connectivity index (χ2v) is 7.51. The van der Waals surface area contributed by atoms with Crippen molar-refractivity contribution in [1.29, 1.82) is 0 Å². The molecule has 2 N–H and O–H groups in total. The van der Waals surface area contributed by atoms with Gasteiger partial charge in [-0.1, -0.05) is 0 Å². The van der Waals surface area contributed by atoms with Crippen LogP contribution in [0.5, 0.6) is 5.75 Å². The van der Waals surface area contributed by atoms with Crippen molar-refractivity contribution in [3.05, 3.63) is 68.3 Å². The summed E-state index contributed by atoms with van der Waals surface area (Å²) in [5.74, 6) is -0.239. The van der Waals surface area contributed by atoms with Crippen LogP contribution in [0.2, 0.25) is 0 Å². The molecule has 0 fully saturated rings. The van der Waals surface area contributed by atoms with Crippen LogP contribution in [-0.4, -0.2) is 40.6 Å². The van der Waals surface area contributed by atoms with Gasteiger partial charge in [0.2, 0.25) is 0 Å². The van der Waals surface area contributed by atoms with Crippen molar-refractivity contribution >= 4 is 29.1 Å². The van der Waals surface area contributed by atoms with E-state index in [-0.39, 0.29) is 18.7 Å². The third kappa shape index (κ3) is 7.55. The molecule has 2 rings (SSSR count). The van der Waals surface area contributed by atoms with Crippen LogP contribution in [-0.2, 0) is 4.74 Å². The number of rotatable bonds is 8. The molecular formula is C20H22N4O8.